The van der Waals surface area contributed by atoms with E-state index in [0.717, 1.165) is 11.4 Å². The molecule has 1 aliphatic carbocycles. The second kappa shape index (κ2) is 10.2. The van der Waals surface area contributed by atoms with E-state index in [4.69, 9.17) is 0 Å². The third-order valence-corrected chi connectivity index (χ3v) is 10.0. The zero-order valence-electron chi connectivity index (χ0n) is 26.0. The van der Waals surface area contributed by atoms with E-state index in [1.807, 2.05) is 0 Å². The molecule has 0 radical (unpaired) electrons. The average Bonchev–Trinajstić information content (AvgIpc) is 3.35. The van der Waals surface area contributed by atoms with Gasteiger partial charge in [-0.3, -0.25) is 0 Å². The molecular formula is C45H33N. The van der Waals surface area contributed by atoms with Gasteiger partial charge < -0.3 is 4.90 Å². The Morgan fingerprint density at radius 2 is 0.913 bits per heavy atom. The van der Waals surface area contributed by atoms with Crippen molar-refractivity contribution in [2.75, 3.05) is 4.90 Å². The zero-order chi connectivity index (χ0) is 30.8. The van der Waals surface area contributed by atoms with Crippen LogP contribution in [-0.2, 0) is 5.41 Å². The first-order chi connectivity index (χ1) is 22.6. The molecule has 0 unspecified atom stereocenters. The van der Waals surface area contributed by atoms with E-state index >= 15 is 0 Å². The number of rotatable bonds is 4. The van der Waals surface area contributed by atoms with Gasteiger partial charge in [-0.25, -0.2) is 0 Å². The van der Waals surface area contributed by atoms with Crippen LogP contribution in [0.2, 0.25) is 0 Å². The lowest BCUT2D eigenvalue weighted by Gasteiger charge is -2.30. The smallest absolute Gasteiger partial charge is 0.0546 e. The van der Waals surface area contributed by atoms with Gasteiger partial charge in [0.15, 0.2) is 0 Å². The summed E-state index contributed by atoms with van der Waals surface area (Å²) in [4.78, 5) is 2.47. The molecule has 1 nitrogen and oxygen atoms in total. The van der Waals surface area contributed by atoms with Gasteiger partial charge in [0.1, 0.15) is 0 Å². The fourth-order valence-electron chi connectivity index (χ4n) is 7.81. The molecule has 0 saturated carbocycles. The molecular weight excluding hydrogens is 555 g/mol. The van der Waals surface area contributed by atoms with Crippen molar-refractivity contribution in [3.8, 4) is 22.3 Å². The molecule has 0 aromatic heterocycles. The molecule has 8 aromatic carbocycles. The molecule has 0 bridgehead atoms. The van der Waals surface area contributed by atoms with Gasteiger partial charge in [-0.2, -0.15) is 0 Å². The van der Waals surface area contributed by atoms with Crippen molar-refractivity contribution in [3.05, 3.63) is 175 Å². The predicted molar refractivity (Wildman–Crippen MR) is 197 cm³/mol. The molecule has 0 aliphatic heterocycles. The van der Waals surface area contributed by atoms with Crippen molar-refractivity contribution in [2.45, 2.75) is 19.3 Å². The van der Waals surface area contributed by atoms with Crippen molar-refractivity contribution in [3.63, 3.8) is 0 Å². The number of hydrogen-bond acceptors (Lipinski definition) is 1. The summed E-state index contributed by atoms with van der Waals surface area (Å²) in [7, 11) is 0. The molecule has 0 heterocycles. The first-order valence-electron chi connectivity index (χ1n) is 16.1. The van der Waals surface area contributed by atoms with Gasteiger partial charge in [-0.15, -0.1) is 0 Å². The van der Waals surface area contributed by atoms with E-state index in [-0.39, 0.29) is 5.41 Å². The summed E-state index contributed by atoms with van der Waals surface area (Å²) in [5.74, 6) is 0. The van der Waals surface area contributed by atoms with E-state index in [0.29, 0.717) is 0 Å². The third kappa shape index (κ3) is 3.95. The number of nitrogens with zero attached hydrogens (tertiary/aromatic N) is 1. The van der Waals surface area contributed by atoms with E-state index in [2.05, 4.69) is 183 Å². The normalized spacial score (nSPS) is 13.2. The zero-order valence-corrected chi connectivity index (χ0v) is 26.0. The lowest BCUT2D eigenvalue weighted by Crippen LogP contribution is -2.16. The molecule has 218 valence electrons. The van der Waals surface area contributed by atoms with Crippen LogP contribution < -0.4 is 4.90 Å². The van der Waals surface area contributed by atoms with Gasteiger partial charge in [-0.05, 0) is 90.6 Å². The molecule has 9 rings (SSSR count). The van der Waals surface area contributed by atoms with E-state index in [1.54, 1.807) is 0 Å². The third-order valence-electron chi connectivity index (χ3n) is 10.0. The van der Waals surface area contributed by atoms with Crippen LogP contribution >= 0.6 is 0 Å². The largest absolute Gasteiger partial charge is 0.310 e. The molecule has 46 heavy (non-hydrogen) atoms. The summed E-state index contributed by atoms with van der Waals surface area (Å²) in [6.07, 6.45) is 0. The minimum atomic E-state index is -0.0908. The highest BCUT2D eigenvalue weighted by molar-refractivity contribution is 6.28. The second-order valence-corrected chi connectivity index (χ2v) is 12.9. The Bertz CT molecular complexity index is 2390. The number of hydrogen-bond donors (Lipinski definition) is 0. The molecule has 0 spiro atoms. The van der Waals surface area contributed by atoms with Gasteiger partial charge >= 0.3 is 0 Å². The van der Waals surface area contributed by atoms with E-state index in [1.165, 1.54) is 71.4 Å². The maximum Gasteiger partial charge on any atom is 0.0546 e. The minimum Gasteiger partial charge on any atom is -0.310 e. The Hall–Kier alpha value is -5.66. The highest BCUT2D eigenvalue weighted by Gasteiger charge is 2.35. The maximum atomic E-state index is 2.47. The number of fused-ring (bicyclic) bond motifs is 9. The minimum absolute atomic E-state index is 0.0908. The molecule has 1 aliphatic rings. The fraction of sp³-hybridized carbons (Fsp3) is 0.0667. The SMILES string of the molecule is CC1(C)c2ccccc2-c2ccc(N(c3ccc(-c4ccccc4)cc3)c3cccc4c5ccccc5c5ccccc5c34)cc21. The first kappa shape index (κ1) is 26.7. The summed E-state index contributed by atoms with van der Waals surface area (Å²) >= 11 is 0. The lowest BCUT2D eigenvalue weighted by atomic mass is 9.82. The lowest BCUT2D eigenvalue weighted by molar-refractivity contribution is 0.660. The van der Waals surface area contributed by atoms with Crippen molar-refractivity contribution >= 4 is 49.4 Å². The molecule has 1 heteroatoms. The van der Waals surface area contributed by atoms with Crippen LogP contribution in [0.3, 0.4) is 0 Å². The monoisotopic (exact) mass is 587 g/mol. The van der Waals surface area contributed by atoms with Crippen molar-refractivity contribution < 1.29 is 0 Å². The van der Waals surface area contributed by atoms with Crippen LogP contribution in [0.25, 0.3) is 54.6 Å². The van der Waals surface area contributed by atoms with Crippen molar-refractivity contribution in [1.82, 2.24) is 0 Å². The average molecular weight is 588 g/mol. The van der Waals surface area contributed by atoms with E-state index < -0.39 is 0 Å². The predicted octanol–water partition coefficient (Wildman–Crippen LogP) is 12.6. The van der Waals surface area contributed by atoms with Crippen LogP contribution in [0.4, 0.5) is 17.1 Å². The van der Waals surface area contributed by atoms with Crippen LogP contribution in [0, 0.1) is 0 Å². The Balaban J connectivity index is 1.33. The summed E-state index contributed by atoms with van der Waals surface area (Å²) in [5.41, 5.74) is 11.3. The fourth-order valence-corrected chi connectivity index (χ4v) is 7.81. The van der Waals surface area contributed by atoms with Gasteiger partial charge in [0, 0.05) is 22.2 Å². The van der Waals surface area contributed by atoms with Crippen LogP contribution in [0.15, 0.2) is 164 Å². The Kier molecular flexibility index (Phi) is 5.92. The first-order valence-corrected chi connectivity index (χ1v) is 16.1. The molecule has 0 N–H and O–H groups in total. The van der Waals surface area contributed by atoms with Crippen molar-refractivity contribution in [2.24, 2.45) is 0 Å². The molecule has 0 atom stereocenters. The van der Waals surface area contributed by atoms with Gasteiger partial charge in [0.2, 0.25) is 0 Å². The Morgan fingerprint density at radius 3 is 1.63 bits per heavy atom. The van der Waals surface area contributed by atoms with Gasteiger partial charge in [0.05, 0.1) is 5.69 Å². The summed E-state index contributed by atoms with van der Waals surface area (Å²) in [5, 5.41) is 7.66. The van der Waals surface area contributed by atoms with Gasteiger partial charge in [-0.1, -0.05) is 147 Å². The number of anilines is 3. The summed E-state index contributed by atoms with van der Waals surface area (Å²) in [6, 6.07) is 60.1. The number of benzene rings is 8. The van der Waals surface area contributed by atoms with Crippen LogP contribution in [0.5, 0.6) is 0 Å². The second-order valence-electron chi connectivity index (χ2n) is 12.9. The van der Waals surface area contributed by atoms with Crippen LogP contribution in [-0.4, -0.2) is 0 Å². The standard InChI is InChI=1S/C45H33N/c1-45(2)41-21-11-10-18-37(41)38-28-27-33(29-42(38)45)46(32-25-23-31(24-26-32)30-13-4-3-5-14-30)43-22-12-20-40-36-16-7-6-15-34(36)35-17-8-9-19-39(35)44(40)43/h3-29H,1-2H3. The van der Waals surface area contributed by atoms with Gasteiger partial charge in [0.25, 0.3) is 0 Å². The molecule has 0 amide bonds. The van der Waals surface area contributed by atoms with E-state index in [9.17, 15) is 0 Å². The van der Waals surface area contributed by atoms with Crippen molar-refractivity contribution in [1.29, 1.82) is 0 Å². The summed E-state index contributed by atoms with van der Waals surface area (Å²) in [6.45, 7) is 4.72. The molecule has 0 fully saturated rings. The molecule has 8 aromatic rings. The topological polar surface area (TPSA) is 3.24 Å². The quantitative estimate of drug-likeness (QED) is 0.185. The summed E-state index contributed by atoms with van der Waals surface area (Å²) < 4.78 is 0. The Morgan fingerprint density at radius 1 is 0.391 bits per heavy atom. The van der Waals surface area contributed by atoms with Crippen LogP contribution in [0.1, 0.15) is 25.0 Å². The molecule has 0 saturated heterocycles. The highest BCUT2D eigenvalue weighted by atomic mass is 15.1. The highest BCUT2D eigenvalue weighted by Crippen LogP contribution is 2.51. The maximum absolute atomic E-state index is 2.47. The Labute approximate surface area is 270 Å².